The second-order valence-electron chi connectivity index (χ2n) is 7.65. The van der Waals surface area contributed by atoms with Gasteiger partial charge in [0, 0.05) is 7.26 Å². The molecule has 0 fully saturated rings. The minimum Gasteiger partial charge on any atom is -1.00 e. The molecule has 0 N–H and O–H groups in total. The van der Waals surface area contributed by atoms with E-state index in [4.69, 9.17) is 0 Å². The Morgan fingerprint density at radius 2 is 0.667 bits per heavy atom. The van der Waals surface area contributed by atoms with E-state index in [1.165, 1.54) is 24.6 Å². The second-order valence-corrected chi connectivity index (χ2v) is 11.8. The molecule has 0 unspecified atom stereocenters. The van der Waals surface area contributed by atoms with Gasteiger partial charge in [-0.3, -0.25) is 0 Å². The molecule has 0 nitrogen and oxygen atoms in total. The lowest BCUT2D eigenvalue weighted by Gasteiger charge is -2.33. The quantitative estimate of drug-likeness (QED) is 0.597. The van der Waals surface area contributed by atoms with Crippen molar-refractivity contribution in [1.29, 1.82) is 0 Å². The molecule has 0 rings (SSSR count). The summed E-state index contributed by atoms with van der Waals surface area (Å²) in [5.41, 5.74) is 0. The van der Waals surface area contributed by atoms with Crippen molar-refractivity contribution >= 4 is 7.26 Å². The number of rotatable bonds is 8. The van der Waals surface area contributed by atoms with Crippen molar-refractivity contribution in [2.45, 2.75) is 55.4 Å². The summed E-state index contributed by atoms with van der Waals surface area (Å²) in [7, 11) is -0.721. The molecule has 0 spiro atoms. The van der Waals surface area contributed by atoms with Gasteiger partial charge in [-0.25, -0.2) is 0 Å². The molecule has 0 aromatic rings. The number of hydrogen-bond donors (Lipinski definition) is 0. The lowest BCUT2D eigenvalue weighted by atomic mass is 10.2. The Morgan fingerprint density at radius 3 is 0.778 bits per heavy atom. The van der Waals surface area contributed by atoms with Gasteiger partial charge in [-0.2, -0.15) is 0 Å². The Bertz CT molecular complexity index is 152. The zero-order chi connectivity index (χ0) is 13.6. The van der Waals surface area contributed by atoms with E-state index in [-0.39, 0.29) is 17.0 Å². The fourth-order valence-electron chi connectivity index (χ4n) is 3.55. The molecule has 18 heavy (non-hydrogen) atoms. The van der Waals surface area contributed by atoms with Gasteiger partial charge in [0.05, 0.1) is 24.6 Å². The van der Waals surface area contributed by atoms with Gasteiger partial charge >= 0.3 is 0 Å². The summed E-state index contributed by atoms with van der Waals surface area (Å²) in [6, 6.07) is 0. The molecule has 0 radical (unpaired) electrons. The molecule has 0 amide bonds. The van der Waals surface area contributed by atoms with E-state index in [2.05, 4.69) is 55.4 Å². The summed E-state index contributed by atoms with van der Waals surface area (Å²) in [5, 5.41) is 0. The summed E-state index contributed by atoms with van der Waals surface area (Å²) in [5.74, 6) is 3.50. The molecule has 0 aliphatic carbocycles. The van der Waals surface area contributed by atoms with Crippen molar-refractivity contribution in [3.8, 4) is 0 Å². The van der Waals surface area contributed by atoms with Gasteiger partial charge in [0.15, 0.2) is 0 Å². The third kappa shape index (κ3) is 9.79. The zero-order valence-corrected chi connectivity index (χ0v) is 16.4. The smallest absolute Gasteiger partial charge is 0.0617 e. The van der Waals surface area contributed by atoms with Gasteiger partial charge in [-0.05, 0) is 23.7 Å². The largest absolute Gasteiger partial charge is 1.00 e. The van der Waals surface area contributed by atoms with Crippen molar-refractivity contribution in [1.82, 2.24) is 0 Å². The average molecular weight is 339 g/mol. The third-order valence-corrected chi connectivity index (χ3v) is 9.03. The highest BCUT2D eigenvalue weighted by molar-refractivity contribution is 7.75. The van der Waals surface area contributed by atoms with E-state index in [1.807, 2.05) is 0 Å². The standard InChI is InChI=1S/C16H36P.BrH/c1-13(2)9-17(10-14(3)4,11-15(5)6)12-16(7)8;/h13-16H,9-12H2,1-8H3;1H/q+1;/p-1. The van der Waals surface area contributed by atoms with Crippen LogP contribution in [0.3, 0.4) is 0 Å². The minimum atomic E-state index is -0.721. The maximum Gasteiger partial charge on any atom is 0.0617 e. The van der Waals surface area contributed by atoms with E-state index >= 15 is 0 Å². The predicted molar refractivity (Wildman–Crippen MR) is 85.7 cm³/mol. The molecule has 0 saturated carbocycles. The predicted octanol–water partition coefficient (Wildman–Crippen LogP) is 2.63. The van der Waals surface area contributed by atoms with Crippen molar-refractivity contribution in [2.75, 3.05) is 24.6 Å². The number of hydrogen-bond acceptors (Lipinski definition) is 0. The Kier molecular flexibility index (Phi) is 11.5. The topological polar surface area (TPSA) is 0 Å². The number of halogens is 1. The third-order valence-electron chi connectivity index (χ3n) is 3.01. The van der Waals surface area contributed by atoms with Gasteiger partial charge in [-0.15, -0.1) is 0 Å². The molecule has 0 aromatic heterocycles. The van der Waals surface area contributed by atoms with Crippen LogP contribution in [-0.2, 0) is 0 Å². The van der Waals surface area contributed by atoms with Gasteiger partial charge in [0.25, 0.3) is 0 Å². The van der Waals surface area contributed by atoms with Gasteiger partial charge in [0.2, 0.25) is 0 Å². The Hall–Kier alpha value is 0.910. The summed E-state index contributed by atoms with van der Waals surface area (Å²) < 4.78 is 0. The molecule has 0 saturated heterocycles. The molecule has 0 aliphatic heterocycles. The van der Waals surface area contributed by atoms with Crippen LogP contribution in [0.5, 0.6) is 0 Å². The molecule has 0 atom stereocenters. The summed E-state index contributed by atoms with van der Waals surface area (Å²) in [6.07, 6.45) is 6.06. The molecular weight excluding hydrogens is 303 g/mol. The van der Waals surface area contributed by atoms with Crippen molar-refractivity contribution in [3.63, 3.8) is 0 Å². The fourth-order valence-corrected chi connectivity index (χ4v) is 10.6. The van der Waals surface area contributed by atoms with Crippen LogP contribution >= 0.6 is 7.26 Å². The zero-order valence-electron chi connectivity index (χ0n) is 14.0. The first-order chi connectivity index (χ1) is 7.67. The highest BCUT2D eigenvalue weighted by Crippen LogP contribution is 2.63. The van der Waals surface area contributed by atoms with Crippen LogP contribution in [0, 0.1) is 23.7 Å². The SMILES string of the molecule is CC(C)C[P+](CC(C)C)(CC(C)C)CC(C)C.[Br-]. The lowest BCUT2D eigenvalue weighted by Crippen LogP contribution is -3.00. The Labute approximate surface area is 128 Å². The van der Waals surface area contributed by atoms with Crippen LogP contribution in [0.25, 0.3) is 0 Å². The van der Waals surface area contributed by atoms with E-state index in [9.17, 15) is 0 Å². The Balaban J connectivity index is 0. The monoisotopic (exact) mass is 338 g/mol. The highest BCUT2D eigenvalue weighted by atomic mass is 79.9. The van der Waals surface area contributed by atoms with Gasteiger partial charge in [-0.1, -0.05) is 55.4 Å². The van der Waals surface area contributed by atoms with Crippen molar-refractivity contribution in [2.24, 2.45) is 23.7 Å². The molecule has 2 heteroatoms. The minimum absolute atomic E-state index is 0. The average Bonchev–Trinajstić information content (AvgIpc) is 1.95. The molecule has 0 aromatic carbocycles. The normalized spacial score (nSPS) is 12.7. The van der Waals surface area contributed by atoms with Crippen LogP contribution in [0.2, 0.25) is 0 Å². The van der Waals surface area contributed by atoms with Gasteiger partial charge in [0.1, 0.15) is 0 Å². The first-order valence-corrected chi connectivity index (χ1v) is 10.0. The van der Waals surface area contributed by atoms with E-state index in [1.54, 1.807) is 0 Å². The maximum atomic E-state index is 2.41. The summed E-state index contributed by atoms with van der Waals surface area (Å²) in [6.45, 7) is 19.3. The molecule has 112 valence electrons. The first-order valence-electron chi connectivity index (χ1n) is 7.52. The fraction of sp³-hybridized carbons (Fsp3) is 1.00. The van der Waals surface area contributed by atoms with Crippen molar-refractivity contribution < 1.29 is 17.0 Å². The summed E-state index contributed by atoms with van der Waals surface area (Å²) >= 11 is 0. The van der Waals surface area contributed by atoms with Crippen LogP contribution < -0.4 is 17.0 Å². The first kappa shape index (κ1) is 21.2. The second kappa shape index (κ2) is 9.76. The van der Waals surface area contributed by atoms with Crippen molar-refractivity contribution in [3.05, 3.63) is 0 Å². The Morgan fingerprint density at radius 1 is 0.500 bits per heavy atom. The van der Waals surface area contributed by atoms with E-state index in [0.29, 0.717) is 0 Å². The lowest BCUT2D eigenvalue weighted by molar-refractivity contribution is -0.00000479. The highest BCUT2D eigenvalue weighted by Gasteiger charge is 2.39. The molecular formula is C16H36BrP. The molecule has 0 heterocycles. The van der Waals surface area contributed by atoms with Gasteiger partial charge < -0.3 is 17.0 Å². The molecule has 0 bridgehead atoms. The maximum absolute atomic E-state index is 2.41. The summed E-state index contributed by atoms with van der Waals surface area (Å²) in [4.78, 5) is 0. The van der Waals surface area contributed by atoms with Crippen LogP contribution in [0.1, 0.15) is 55.4 Å². The van der Waals surface area contributed by atoms with E-state index in [0.717, 1.165) is 23.7 Å². The van der Waals surface area contributed by atoms with Crippen LogP contribution in [0.15, 0.2) is 0 Å². The van der Waals surface area contributed by atoms with Crippen LogP contribution in [0.4, 0.5) is 0 Å². The molecule has 0 aliphatic rings. The van der Waals surface area contributed by atoms with Crippen LogP contribution in [-0.4, -0.2) is 24.6 Å². The van der Waals surface area contributed by atoms with E-state index < -0.39 is 7.26 Å².